The number of ether oxygens (including phenoxy) is 3. The van der Waals surface area contributed by atoms with Crippen molar-refractivity contribution in [1.29, 1.82) is 0 Å². The number of aromatic nitrogens is 1. The number of methoxy groups -OCH3 is 2. The van der Waals surface area contributed by atoms with Gasteiger partial charge in [0.05, 0.1) is 25.5 Å². The molecule has 0 bridgehead atoms. The standard InChI is InChI=1S/C21H18ClNO5/c1-25-13-17(21(24)26-2)15-7-3-4-8-16(15)19-11-14(28-23-19)12-27-20-10-6-5-9-18(20)22/h3-11,13H,12H2,1-2H3/b17-13+. The molecule has 0 amide bonds. The Kier molecular flexibility index (Phi) is 6.34. The Labute approximate surface area is 167 Å². The predicted molar refractivity (Wildman–Crippen MR) is 105 cm³/mol. The molecule has 6 nitrogen and oxygen atoms in total. The molecule has 7 heteroatoms. The monoisotopic (exact) mass is 399 g/mol. The molecule has 3 aromatic rings. The van der Waals surface area contributed by atoms with Crippen molar-refractivity contribution >= 4 is 23.1 Å². The summed E-state index contributed by atoms with van der Waals surface area (Å²) in [7, 11) is 2.78. The van der Waals surface area contributed by atoms with Gasteiger partial charge in [0.15, 0.2) is 5.76 Å². The molecule has 0 aliphatic heterocycles. The zero-order valence-corrected chi connectivity index (χ0v) is 16.1. The van der Waals surface area contributed by atoms with Crippen LogP contribution in [0.5, 0.6) is 5.75 Å². The Balaban J connectivity index is 1.86. The van der Waals surface area contributed by atoms with Crippen molar-refractivity contribution in [2.75, 3.05) is 14.2 Å². The smallest absolute Gasteiger partial charge is 0.341 e. The summed E-state index contributed by atoms with van der Waals surface area (Å²) < 4.78 is 20.9. The summed E-state index contributed by atoms with van der Waals surface area (Å²) in [6, 6.07) is 16.2. The largest absolute Gasteiger partial charge is 0.503 e. The van der Waals surface area contributed by atoms with Crippen molar-refractivity contribution in [3.63, 3.8) is 0 Å². The Morgan fingerprint density at radius 2 is 1.89 bits per heavy atom. The Morgan fingerprint density at radius 3 is 2.64 bits per heavy atom. The van der Waals surface area contributed by atoms with Gasteiger partial charge in [0.25, 0.3) is 0 Å². The lowest BCUT2D eigenvalue weighted by atomic mass is 9.98. The third kappa shape index (κ3) is 4.35. The first-order valence-electron chi connectivity index (χ1n) is 8.38. The first kappa shape index (κ1) is 19.5. The molecule has 0 saturated carbocycles. The molecule has 0 unspecified atom stereocenters. The van der Waals surface area contributed by atoms with Crippen LogP contribution in [0.25, 0.3) is 16.8 Å². The molecular formula is C21H18ClNO5. The van der Waals surface area contributed by atoms with E-state index in [0.717, 1.165) is 0 Å². The molecule has 2 aromatic carbocycles. The van der Waals surface area contributed by atoms with E-state index in [-0.39, 0.29) is 12.2 Å². The zero-order valence-electron chi connectivity index (χ0n) is 15.3. The second kappa shape index (κ2) is 9.10. The number of carbonyl (C=O) groups excluding carboxylic acids is 1. The van der Waals surface area contributed by atoms with Gasteiger partial charge in [0, 0.05) is 17.2 Å². The number of carbonyl (C=O) groups is 1. The number of benzene rings is 2. The van der Waals surface area contributed by atoms with Gasteiger partial charge in [-0.15, -0.1) is 0 Å². The van der Waals surface area contributed by atoms with Crippen molar-refractivity contribution in [1.82, 2.24) is 5.16 Å². The van der Waals surface area contributed by atoms with Gasteiger partial charge in [-0.2, -0.15) is 0 Å². The Hall–Kier alpha value is -3.25. The van der Waals surface area contributed by atoms with Crippen LogP contribution >= 0.6 is 11.6 Å². The summed E-state index contributed by atoms with van der Waals surface area (Å²) in [5.41, 5.74) is 2.14. The average molecular weight is 400 g/mol. The van der Waals surface area contributed by atoms with Gasteiger partial charge >= 0.3 is 5.97 Å². The van der Waals surface area contributed by atoms with Crippen molar-refractivity contribution in [3.05, 3.63) is 77.2 Å². The number of hydrogen-bond donors (Lipinski definition) is 0. The molecule has 0 radical (unpaired) electrons. The molecule has 144 valence electrons. The van der Waals surface area contributed by atoms with Gasteiger partial charge in [0.2, 0.25) is 0 Å². The molecular weight excluding hydrogens is 382 g/mol. The molecule has 1 aromatic heterocycles. The molecule has 0 aliphatic rings. The number of nitrogens with zero attached hydrogens (tertiary/aromatic N) is 1. The number of rotatable bonds is 7. The molecule has 28 heavy (non-hydrogen) atoms. The van der Waals surface area contributed by atoms with E-state index in [9.17, 15) is 4.79 Å². The van der Waals surface area contributed by atoms with Crippen LogP contribution in [0.2, 0.25) is 5.02 Å². The van der Waals surface area contributed by atoms with Gasteiger partial charge in [-0.3, -0.25) is 0 Å². The molecule has 0 N–H and O–H groups in total. The number of para-hydroxylation sites is 1. The second-order valence-corrected chi connectivity index (χ2v) is 6.11. The fourth-order valence-corrected chi connectivity index (χ4v) is 2.80. The van der Waals surface area contributed by atoms with E-state index in [1.54, 1.807) is 24.3 Å². The van der Waals surface area contributed by atoms with Crippen molar-refractivity contribution in [3.8, 4) is 17.0 Å². The number of hydrogen-bond acceptors (Lipinski definition) is 6. The van der Waals surface area contributed by atoms with E-state index in [2.05, 4.69) is 5.16 Å². The minimum Gasteiger partial charge on any atom is -0.503 e. The Morgan fingerprint density at radius 1 is 1.14 bits per heavy atom. The van der Waals surface area contributed by atoms with E-state index in [1.165, 1.54) is 20.5 Å². The van der Waals surface area contributed by atoms with Crippen molar-refractivity contribution < 1.29 is 23.5 Å². The van der Waals surface area contributed by atoms with Crippen LogP contribution in [0.15, 0.2) is 65.4 Å². The normalized spacial score (nSPS) is 11.2. The van der Waals surface area contributed by atoms with E-state index in [4.69, 9.17) is 30.3 Å². The molecule has 0 saturated heterocycles. The van der Waals surface area contributed by atoms with Crippen LogP contribution in [0.4, 0.5) is 0 Å². The van der Waals surface area contributed by atoms with Gasteiger partial charge in [-0.05, 0) is 12.1 Å². The topological polar surface area (TPSA) is 70.8 Å². The van der Waals surface area contributed by atoms with Crippen molar-refractivity contribution in [2.24, 2.45) is 0 Å². The van der Waals surface area contributed by atoms with Crippen LogP contribution in [0, 0.1) is 0 Å². The van der Waals surface area contributed by atoms with Gasteiger partial charge in [-0.25, -0.2) is 4.79 Å². The summed E-state index contributed by atoms with van der Waals surface area (Å²) in [6.07, 6.45) is 1.34. The maximum absolute atomic E-state index is 12.1. The highest BCUT2D eigenvalue weighted by Crippen LogP contribution is 2.30. The highest BCUT2D eigenvalue weighted by molar-refractivity contribution is 6.32. The van der Waals surface area contributed by atoms with E-state index in [1.807, 2.05) is 30.3 Å². The third-order valence-electron chi connectivity index (χ3n) is 3.90. The highest BCUT2D eigenvalue weighted by atomic mass is 35.5. The fourth-order valence-electron chi connectivity index (χ4n) is 2.61. The first-order chi connectivity index (χ1) is 13.6. The van der Waals surface area contributed by atoms with Crippen LogP contribution in [-0.4, -0.2) is 25.3 Å². The maximum Gasteiger partial charge on any atom is 0.341 e. The molecule has 0 spiro atoms. The summed E-state index contributed by atoms with van der Waals surface area (Å²) >= 11 is 6.09. The minimum absolute atomic E-state index is 0.163. The van der Waals surface area contributed by atoms with Crippen LogP contribution < -0.4 is 4.74 Å². The van der Waals surface area contributed by atoms with Crippen LogP contribution in [0.3, 0.4) is 0 Å². The molecule has 3 rings (SSSR count). The van der Waals surface area contributed by atoms with Gasteiger partial charge in [0.1, 0.15) is 23.6 Å². The number of esters is 1. The quantitative estimate of drug-likeness (QED) is 0.325. The number of halogens is 1. The molecule has 0 atom stereocenters. The predicted octanol–water partition coefficient (Wildman–Crippen LogP) is 4.73. The van der Waals surface area contributed by atoms with Crippen LogP contribution in [0.1, 0.15) is 11.3 Å². The van der Waals surface area contributed by atoms with Gasteiger partial charge in [-0.1, -0.05) is 53.2 Å². The molecule has 0 fully saturated rings. The van der Waals surface area contributed by atoms with E-state index < -0.39 is 5.97 Å². The molecule has 1 heterocycles. The maximum atomic E-state index is 12.1. The van der Waals surface area contributed by atoms with Gasteiger partial charge < -0.3 is 18.7 Å². The third-order valence-corrected chi connectivity index (χ3v) is 4.21. The summed E-state index contributed by atoms with van der Waals surface area (Å²) in [5, 5.41) is 4.62. The summed E-state index contributed by atoms with van der Waals surface area (Å²) in [5.74, 6) is 0.554. The summed E-state index contributed by atoms with van der Waals surface area (Å²) in [6.45, 7) is 0.163. The van der Waals surface area contributed by atoms with E-state index in [0.29, 0.717) is 33.4 Å². The highest BCUT2D eigenvalue weighted by Gasteiger charge is 2.19. The molecule has 0 aliphatic carbocycles. The lowest BCUT2D eigenvalue weighted by Gasteiger charge is -2.09. The first-order valence-corrected chi connectivity index (χ1v) is 8.75. The van der Waals surface area contributed by atoms with E-state index >= 15 is 0 Å². The van der Waals surface area contributed by atoms with Crippen LogP contribution in [-0.2, 0) is 20.9 Å². The zero-order chi connectivity index (χ0) is 19.9. The lowest BCUT2D eigenvalue weighted by Crippen LogP contribution is -2.05. The SMILES string of the molecule is CO/C=C(/C(=O)OC)c1ccccc1-c1cc(COc2ccccc2Cl)on1. The minimum atomic E-state index is -0.514. The lowest BCUT2D eigenvalue weighted by molar-refractivity contribution is -0.133. The van der Waals surface area contributed by atoms with Crippen molar-refractivity contribution in [2.45, 2.75) is 6.61 Å². The summed E-state index contributed by atoms with van der Waals surface area (Å²) in [4.78, 5) is 12.1. The average Bonchev–Trinajstić information content (AvgIpc) is 3.20. The second-order valence-electron chi connectivity index (χ2n) is 5.70. The Bertz CT molecular complexity index is 996. The fraction of sp³-hybridized carbons (Fsp3) is 0.143.